The van der Waals surface area contributed by atoms with Gasteiger partial charge in [-0.25, -0.2) is 9.78 Å². The Morgan fingerprint density at radius 2 is 2.00 bits per heavy atom. The number of hydrogen-bond donors (Lipinski definition) is 2. The van der Waals surface area contributed by atoms with Crippen molar-refractivity contribution in [3.05, 3.63) is 48.8 Å². The van der Waals surface area contributed by atoms with Crippen LogP contribution in [-0.2, 0) is 0 Å². The second-order valence-electron chi connectivity index (χ2n) is 4.21. The van der Waals surface area contributed by atoms with E-state index < -0.39 is 6.09 Å². The van der Waals surface area contributed by atoms with Crippen LogP contribution in [-0.4, -0.2) is 20.8 Å². The standard InChI is InChI=1S/C14H11N3O3/c15-13-8-11(3-5-16-13)20-10-1-2-12-9(7-10)4-6-17(12)14(18)19/h1-8H,(H2,15,16)(H,18,19). The van der Waals surface area contributed by atoms with Gasteiger partial charge in [0.25, 0.3) is 0 Å². The van der Waals surface area contributed by atoms with Gasteiger partial charge < -0.3 is 15.6 Å². The molecule has 0 atom stereocenters. The lowest BCUT2D eigenvalue weighted by Crippen LogP contribution is -2.05. The molecule has 0 saturated carbocycles. The molecule has 0 aliphatic rings. The Kier molecular flexibility index (Phi) is 2.76. The molecule has 6 nitrogen and oxygen atoms in total. The van der Waals surface area contributed by atoms with Crippen LogP contribution in [0.3, 0.4) is 0 Å². The first-order valence-electron chi connectivity index (χ1n) is 5.87. The Morgan fingerprint density at radius 1 is 1.20 bits per heavy atom. The fourth-order valence-corrected chi connectivity index (χ4v) is 1.98. The van der Waals surface area contributed by atoms with Crippen LogP contribution in [0, 0.1) is 0 Å². The van der Waals surface area contributed by atoms with E-state index in [1.165, 1.54) is 6.20 Å². The zero-order valence-electron chi connectivity index (χ0n) is 10.4. The number of nitrogen functional groups attached to an aromatic ring is 1. The van der Waals surface area contributed by atoms with Crippen molar-refractivity contribution in [2.45, 2.75) is 0 Å². The van der Waals surface area contributed by atoms with E-state index in [1.807, 2.05) is 0 Å². The smallest absolute Gasteiger partial charge is 0.415 e. The largest absolute Gasteiger partial charge is 0.464 e. The minimum Gasteiger partial charge on any atom is -0.464 e. The number of carboxylic acid groups (broad SMARTS) is 1. The summed E-state index contributed by atoms with van der Waals surface area (Å²) in [6.07, 6.45) is 2.04. The minimum absolute atomic E-state index is 0.376. The number of nitrogens with two attached hydrogens (primary N) is 1. The van der Waals surface area contributed by atoms with Gasteiger partial charge in [-0.3, -0.25) is 4.57 Å². The number of fused-ring (bicyclic) bond motifs is 1. The summed E-state index contributed by atoms with van der Waals surface area (Å²) in [5.41, 5.74) is 6.19. The lowest BCUT2D eigenvalue weighted by molar-refractivity contribution is 0.197. The lowest BCUT2D eigenvalue weighted by atomic mass is 10.2. The summed E-state index contributed by atoms with van der Waals surface area (Å²) < 4.78 is 6.82. The summed E-state index contributed by atoms with van der Waals surface area (Å²) in [6.45, 7) is 0. The molecule has 0 unspecified atom stereocenters. The lowest BCUT2D eigenvalue weighted by Gasteiger charge is -2.06. The van der Waals surface area contributed by atoms with Crippen LogP contribution in [0.5, 0.6) is 11.5 Å². The normalized spacial score (nSPS) is 10.6. The highest BCUT2D eigenvalue weighted by molar-refractivity contribution is 5.89. The number of carbonyl (C=O) groups is 1. The first-order chi connectivity index (χ1) is 9.63. The predicted octanol–water partition coefficient (Wildman–Crippen LogP) is 2.94. The molecule has 0 fully saturated rings. The van der Waals surface area contributed by atoms with Crippen molar-refractivity contribution in [3.8, 4) is 11.5 Å². The van der Waals surface area contributed by atoms with Crippen molar-refractivity contribution in [2.75, 3.05) is 5.73 Å². The van der Waals surface area contributed by atoms with Crippen molar-refractivity contribution < 1.29 is 14.6 Å². The van der Waals surface area contributed by atoms with Gasteiger partial charge in [0.2, 0.25) is 0 Å². The number of rotatable bonds is 2. The molecule has 20 heavy (non-hydrogen) atoms. The Morgan fingerprint density at radius 3 is 2.75 bits per heavy atom. The average Bonchev–Trinajstić information content (AvgIpc) is 2.82. The van der Waals surface area contributed by atoms with E-state index in [9.17, 15) is 4.79 Å². The van der Waals surface area contributed by atoms with Crippen molar-refractivity contribution in [1.82, 2.24) is 9.55 Å². The molecular formula is C14H11N3O3. The fourth-order valence-electron chi connectivity index (χ4n) is 1.98. The molecule has 0 spiro atoms. The zero-order valence-corrected chi connectivity index (χ0v) is 10.4. The molecule has 1 aromatic carbocycles. The highest BCUT2D eigenvalue weighted by Crippen LogP contribution is 2.26. The highest BCUT2D eigenvalue weighted by atomic mass is 16.5. The van der Waals surface area contributed by atoms with Gasteiger partial charge in [-0.05, 0) is 30.3 Å². The van der Waals surface area contributed by atoms with Gasteiger partial charge in [0.05, 0.1) is 5.52 Å². The molecule has 0 amide bonds. The Hall–Kier alpha value is -3.02. The van der Waals surface area contributed by atoms with E-state index in [1.54, 1.807) is 42.6 Å². The van der Waals surface area contributed by atoms with Gasteiger partial charge in [0, 0.05) is 23.8 Å². The van der Waals surface area contributed by atoms with Crippen LogP contribution >= 0.6 is 0 Å². The summed E-state index contributed by atoms with van der Waals surface area (Å²) in [4.78, 5) is 14.9. The maximum atomic E-state index is 11.0. The SMILES string of the molecule is Nc1cc(Oc2ccc3c(ccn3C(=O)O)c2)ccn1. The van der Waals surface area contributed by atoms with Crippen LogP contribution in [0.25, 0.3) is 10.9 Å². The van der Waals surface area contributed by atoms with Crippen LogP contribution in [0.15, 0.2) is 48.8 Å². The summed E-state index contributed by atoms with van der Waals surface area (Å²) in [5, 5.41) is 9.80. The number of ether oxygens (including phenoxy) is 1. The van der Waals surface area contributed by atoms with Gasteiger partial charge in [-0.2, -0.15) is 0 Å². The van der Waals surface area contributed by atoms with Crippen LogP contribution < -0.4 is 10.5 Å². The quantitative estimate of drug-likeness (QED) is 0.746. The number of pyridine rings is 1. The summed E-state index contributed by atoms with van der Waals surface area (Å²) in [5.74, 6) is 1.56. The molecule has 0 aliphatic heterocycles. The fraction of sp³-hybridized carbons (Fsp3) is 0. The molecule has 3 rings (SSSR count). The molecule has 2 heterocycles. The van der Waals surface area contributed by atoms with E-state index in [0.717, 1.165) is 9.95 Å². The van der Waals surface area contributed by atoms with Crippen molar-refractivity contribution >= 4 is 22.8 Å². The van der Waals surface area contributed by atoms with Gasteiger partial charge in [0.1, 0.15) is 17.3 Å². The Labute approximate surface area is 114 Å². The second kappa shape index (κ2) is 4.58. The number of nitrogens with zero attached hydrogens (tertiary/aromatic N) is 2. The van der Waals surface area contributed by atoms with Gasteiger partial charge in [-0.15, -0.1) is 0 Å². The number of benzene rings is 1. The van der Waals surface area contributed by atoms with Crippen molar-refractivity contribution in [3.63, 3.8) is 0 Å². The predicted molar refractivity (Wildman–Crippen MR) is 74.1 cm³/mol. The van der Waals surface area contributed by atoms with E-state index in [-0.39, 0.29) is 0 Å². The molecule has 0 aliphatic carbocycles. The van der Waals surface area contributed by atoms with Crippen LogP contribution in [0.2, 0.25) is 0 Å². The number of hydrogen-bond acceptors (Lipinski definition) is 4. The first kappa shape index (κ1) is 12.0. The third kappa shape index (κ3) is 2.14. The molecule has 0 bridgehead atoms. The highest BCUT2D eigenvalue weighted by Gasteiger charge is 2.08. The second-order valence-corrected chi connectivity index (χ2v) is 4.21. The first-order valence-corrected chi connectivity index (χ1v) is 5.87. The minimum atomic E-state index is -1.02. The molecule has 3 aromatic rings. The molecule has 0 radical (unpaired) electrons. The van der Waals surface area contributed by atoms with Crippen LogP contribution in [0.1, 0.15) is 0 Å². The monoisotopic (exact) mass is 269 g/mol. The van der Waals surface area contributed by atoms with Gasteiger partial charge in [-0.1, -0.05) is 0 Å². The molecule has 6 heteroatoms. The number of aromatic nitrogens is 2. The molecule has 0 saturated heterocycles. The van der Waals surface area contributed by atoms with Crippen molar-refractivity contribution in [1.29, 1.82) is 0 Å². The molecule has 3 N–H and O–H groups in total. The van der Waals surface area contributed by atoms with E-state index >= 15 is 0 Å². The van der Waals surface area contributed by atoms with Gasteiger partial charge in [0.15, 0.2) is 0 Å². The summed E-state index contributed by atoms with van der Waals surface area (Å²) >= 11 is 0. The van der Waals surface area contributed by atoms with E-state index in [4.69, 9.17) is 15.6 Å². The maximum absolute atomic E-state index is 11.0. The molecule has 2 aromatic heterocycles. The number of anilines is 1. The third-order valence-electron chi connectivity index (χ3n) is 2.86. The van der Waals surface area contributed by atoms with Gasteiger partial charge >= 0.3 is 6.09 Å². The zero-order chi connectivity index (χ0) is 14.1. The third-order valence-corrected chi connectivity index (χ3v) is 2.86. The molecule has 100 valence electrons. The molecular weight excluding hydrogens is 258 g/mol. The maximum Gasteiger partial charge on any atom is 0.415 e. The average molecular weight is 269 g/mol. The van der Waals surface area contributed by atoms with Crippen LogP contribution in [0.4, 0.5) is 10.6 Å². The summed E-state index contributed by atoms with van der Waals surface area (Å²) in [7, 11) is 0. The summed E-state index contributed by atoms with van der Waals surface area (Å²) in [6, 6.07) is 10.2. The van der Waals surface area contributed by atoms with E-state index in [0.29, 0.717) is 22.8 Å². The Bertz CT molecular complexity index is 795. The topological polar surface area (TPSA) is 90.4 Å². The van der Waals surface area contributed by atoms with Crippen molar-refractivity contribution in [2.24, 2.45) is 0 Å². The Balaban J connectivity index is 1.95. The van der Waals surface area contributed by atoms with E-state index in [2.05, 4.69) is 4.98 Å².